The van der Waals surface area contributed by atoms with Gasteiger partial charge in [0.15, 0.2) is 0 Å². The van der Waals surface area contributed by atoms with E-state index in [4.69, 9.17) is 0 Å². The molecule has 1 atom stereocenters. The highest BCUT2D eigenvalue weighted by molar-refractivity contribution is 7.73. The average molecular weight is 246 g/mol. The Morgan fingerprint density at radius 1 is 1.00 bits per heavy atom. The second kappa shape index (κ2) is 4.87. The highest BCUT2D eigenvalue weighted by Gasteiger charge is 2.25. The van der Waals surface area contributed by atoms with Crippen LogP contribution in [0, 0.1) is 0 Å². The van der Waals surface area contributed by atoms with E-state index in [9.17, 15) is 9.46 Å². The van der Waals surface area contributed by atoms with E-state index in [0.717, 1.165) is 12.0 Å². The van der Waals surface area contributed by atoms with E-state index in [1.165, 1.54) is 0 Å². The molecule has 2 nitrogen and oxygen atoms in total. The van der Waals surface area contributed by atoms with Gasteiger partial charge in [-0.1, -0.05) is 43.3 Å². The van der Waals surface area contributed by atoms with Crippen LogP contribution >= 0.6 is 7.37 Å². The van der Waals surface area contributed by atoms with E-state index in [1.807, 2.05) is 25.1 Å². The molecular weight excluding hydrogens is 231 g/mol. The lowest BCUT2D eigenvalue weighted by Gasteiger charge is -2.15. The van der Waals surface area contributed by atoms with Gasteiger partial charge < -0.3 is 4.89 Å². The van der Waals surface area contributed by atoms with Gasteiger partial charge in [0, 0.05) is 10.6 Å². The van der Waals surface area contributed by atoms with E-state index >= 15 is 0 Å². The molecule has 0 saturated carbocycles. The summed E-state index contributed by atoms with van der Waals surface area (Å²) in [4.78, 5) is 10.3. The molecule has 0 spiro atoms. The number of hydrogen-bond donors (Lipinski definition) is 1. The monoisotopic (exact) mass is 246 g/mol. The first kappa shape index (κ1) is 12.1. The summed E-state index contributed by atoms with van der Waals surface area (Å²) in [6.07, 6.45) is 0.757. The van der Waals surface area contributed by atoms with Gasteiger partial charge >= 0.3 is 0 Å². The largest absolute Gasteiger partial charge is 0.338 e. The minimum atomic E-state index is -3.45. The minimum absolute atomic E-state index is 0.487. The Bertz CT molecular complexity index is 549. The molecule has 1 N–H and O–H groups in total. The Kier molecular flexibility index (Phi) is 3.46. The van der Waals surface area contributed by atoms with E-state index in [0.29, 0.717) is 10.6 Å². The van der Waals surface area contributed by atoms with Crippen molar-refractivity contribution in [2.75, 3.05) is 0 Å². The standard InChI is InChI=1S/C14H15O2P/c1-2-12-8-6-7-11-14(12)17(15,16)13-9-4-3-5-10-13/h3-11H,2H2,1H3,(H,15,16). The fourth-order valence-electron chi connectivity index (χ4n) is 1.87. The molecule has 0 amide bonds. The zero-order valence-electron chi connectivity index (χ0n) is 9.71. The molecule has 0 radical (unpaired) electrons. The van der Waals surface area contributed by atoms with Gasteiger partial charge in [-0.15, -0.1) is 0 Å². The molecule has 0 fully saturated rings. The Morgan fingerprint density at radius 3 is 2.24 bits per heavy atom. The number of rotatable bonds is 3. The molecule has 0 aromatic heterocycles. The highest BCUT2D eigenvalue weighted by Crippen LogP contribution is 2.39. The minimum Gasteiger partial charge on any atom is -0.338 e. The van der Waals surface area contributed by atoms with Gasteiger partial charge in [-0.2, -0.15) is 0 Å². The van der Waals surface area contributed by atoms with Crippen LogP contribution in [0.3, 0.4) is 0 Å². The summed E-state index contributed by atoms with van der Waals surface area (Å²) in [5.41, 5.74) is 0.933. The summed E-state index contributed by atoms with van der Waals surface area (Å²) in [6, 6.07) is 16.2. The fraction of sp³-hybridized carbons (Fsp3) is 0.143. The number of benzene rings is 2. The third-order valence-corrected chi connectivity index (χ3v) is 4.89. The van der Waals surface area contributed by atoms with Crippen molar-refractivity contribution >= 4 is 18.0 Å². The molecule has 3 heteroatoms. The molecule has 88 valence electrons. The second-order valence-corrected chi connectivity index (χ2v) is 6.04. The van der Waals surface area contributed by atoms with Gasteiger partial charge in [-0.05, 0) is 30.2 Å². The SMILES string of the molecule is CCc1ccccc1P(=O)(O)c1ccccc1. The van der Waals surface area contributed by atoms with Gasteiger partial charge in [0.25, 0.3) is 7.37 Å². The second-order valence-electron chi connectivity index (χ2n) is 3.89. The van der Waals surface area contributed by atoms with E-state index in [-0.39, 0.29) is 0 Å². The van der Waals surface area contributed by atoms with Crippen LogP contribution in [0.5, 0.6) is 0 Å². The quantitative estimate of drug-likeness (QED) is 0.845. The molecule has 0 aliphatic heterocycles. The van der Waals surface area contributed by atoms with Crippen LogP contribution in [0.4, 0.5) is 0 Å². The van der Waals surface area contributed by atoms with Gasteiger partial charge in [-0.25, -0.2) is 0 Å². The lowest BCUT2D eigenvalue weighted by atomic mass is 10.2. The lowest BCUT2D eigenvalue weighted by Crippen LogP contribution is -2.18. The molecule has 0 bridgehead atoms. The Balaban J connectivity index is 2.56. The molecule has 17 heavy (non-hydrogen) atoms. The van der Waals surface area contributed by atoms with Crippen LogP contribution in [0.25, 0.3) is 0 Å². The summed E-state index contributed by atoms with van der Waals surface area (Å²) >= 11 is 0. The molecule has 1 unspecified atom stereocenters. The smallest absolute Gasteiger partial charge is 0.259 e. The molecule has 2 aromatic rings. The van der Waals surface area contributed by atoms with Crippen molar-refractivity contribution < 1.29 is 9.46 Å². The van der Waals surface area contributed by atoms with Gasteiger partial charge in [0.05, 0.1) is 0 Å². The van der Waals surface area contributed by atoms with Crippen molar-refractivity contribution in [1.29, 1.82) is 0 Å². The molecular formula is C14H15O2P. The zero-order valence-corrected chi connectivity index (χ0v) is 10.6. The van der Waals surface area contributed by atoms with Crippen molar-refractivity contribution in [2.24, 2.45) is 0 Å². The topological polar surface area (TPSA) is 37.3 Å². The number of aryl methyl sites for hydroxylation is 1. The van der Waals surface area contributed by atoms with E-state index in [2.05, 4.69) is 0 Å². The summed E-state index contributed by atoms with van der Waals surface area (Å²) in [6.45, 7) is 1.99. The van der Waals surface area contributed by atoms with Gasteiger partial charge in [-0.3, -0.25) is 4.57 Å². The van der Waals surface area contributed by atoms with Gasteiger partial charge in [0.2, 0.25) is 0 Å². The predicted molar refractivity (Wildman–Crippen MR) is 71.4 cm³/mol. The van der Waals surface area contributed by atoms with E-state index in [1.54, 1.807) is 36.4 Å². The van der Waals surface area contributed by atoms with Crippen LogP contribution in [-0.4, -0.2) is 4.89 Å². The predicted octanol–water partition coefficient (Wildman–Crippen LogP) is 2.47. The summed E-state index contributed by atoms with van der Waals surface area (Å²) in [5, 5.41) is 1.04. The fourth-order valence-corrected chi connectivity index (χ4v) is 3.64. The van der Waals surface area contributed by atoms with Crippen molar-refractivity contribution in [1.82, 2.24) is 0 Å². The van der Waals surface area contributed by atoms with Gasteiger partial charge in [0.1, 0.15) is 0 Å². The zero-order chi connectivity index (χ0) is 12.3. The molecule has 0 heterocycles. The molecule has 0 aliphatic carbocycles. The molecule has 0 saturated heterocycles. The van der Waals surface area contributed by atoms with Crippen LogP contribution in [0.1, 0.15) is 12.5 Å². The van der Waals surface area contributed by atoms with Crippen LogP contribution in [0.2, 0.25) is 0 Å². The maximum Gasteiger partial charge on any atom is 0.259 e. The normalized spacial score (nSPS) is 14.2. The van der Waals surface area contributed by atoms with Crippen molar-refractivity contribution in [2.45, 2.75) is 13.3 Å². The Hall–Kier alpha value is -1.37. The van der Waals surface area contributed by atoms with Crippen molar-refractivity contribution in [3.05, 3.63) is 60.2 Å². The Morgan fingerprint density at radius 2 is 1.59 bits per heavy atom. The maximum absolute atomic E-state index is 12.6. The first-order chi connectivity index (χ1) is 8.16. The third kappa shape index (κ3) is 2.33. The first-order valence-corrected chi connectivity index (χ1v) is 7.29. The lowest BCUT2D eigenvalue weighted by molar-refractivity contribution is 0.500. The first-order valence-electron chi connectivity index (χ1n) is 5.63. The average Bonchev–Trinajstić information content (AvgIpc) is 2.39. The maximum atomic E-state index is 12.6. The molecule has 2 rings (SSSR count). The van der Waals surface area contributed by atoms with Crippen LogP contribution in [0.15, 0.2) is 54.6 Å². The van der Waals surface area contributed by atoms with E-state index < -0.39 is 7.37 Å². The number of hydrogen-bond acceptors (Lipinski definition) is 1. The highest BCUT2D eigenvalue weighted by atomic mass is 31.2. The summed E-state index contributed by atoms with van der Waals surface area (Å²) in [5.74, 6) is 0. The molecule has 2 aromatic carbocycles. The summed E-state index contributed by atoms with van der Waals surface area (Å²) in [7, 11) is -3.45. The molecule has 0 aliphatic rings. The van der Waals surface area contributed by atoms with Crippen molar-refractivity contribution in [3.63, 3.8) is 0 Å². The Labute approximate surface area is 101 Å². The van der Waals surface area contributed by atoms with Crippen molar-refractivity contribution in [3.8, 4) is 0 Å². The summed E-state index contributed by atoms with van der Waals surface area (Å²) < 4.78 is 12.6. The third-order valence-electron chi connectivity index (χ3n) is 2.81. The van der Waals surface area contributed by atoms with Crippen LogP contribution < -0.4 is 10.6 Å². The van der Waals surface area contributed by atoms with Crippen LogP contribution in [-0.2, 0) is 11.0 Å².